The van der Waals surface area contributed by atoms with E-state index in [4.69, 9.17) is 4.74 Å². The lowest BCUT2D eigenvalue weighted by Crippen LogP contribution is -2.42. The molecule has 0 N–H and O–H groups in total. The molecule has 1 saturated heterocycles. The summed E-state index contributed by atoms with van der Waals surface area (Å²) in [6.07, 6.45) is 6.75. The fraction of sp³-hybridized carbons (Fsp3) is 0.480. The number of ether oxygens (including phenoxy) is 1. The summed E-state index contributed by atoms with van der Waals surface area (Å²) in [4.78, 5) is 26.4. The number of rotatable bonds is 9. The zero-order valence-corrected chi connectivity index (χ0v) is 19.1. The van der Waals surface area contributed by atoms with Gasteiger partial charge in [-0.3, -0.25) is 4.79 Å². The van der Waals surface area contributed by atoms with Crippen LogP contribution >= 0.6 is 0 Å². The lowest BCUT2D eigenvalue weighted by molar-refractivity contribution is 0.0702. The molecule has 1 fully saturated rings. The molecule has 1 amide bonds. The van der Waals surface area contributed by atoms with Crippen LogP contribution in [0, 0.1) is 5.92 Å². The number of carbonyl (C=O) groups is 1. The molecule has 3 aromatic rings. The molecule has 0 saturated carbocycles. The second-order valence-electron chi connectivity index (χ2n) is 8.73. The molecule has 4 rings (SSSR count). The zero-order valence-electron chi connectivity index (χ0n) is 19.1. The Kier molecular flexibility index (Phi) is 7.50. The van der Waals surface area contributed by atoms with Crippen molar-refractivity contribution in [2.45, 2.75) is 25.8 Å². The van der Waals surface area contributed by atoms with Crippen molar-refractivity contribution in [2.24, 2.45) is 5.92 Å². The fourth-order valence-electron chi connectivity index (χ4n) is 4.54. The Morgan fingerprint density at radius 1 is 1.22 bits per heavy atom. The van der Waals surface area contributed by atoms with E-state index in [1.54, 1.807) is 13.3 Å². The molecule has 7 nitrogen and oxygen atoms in total. The summed E-state index contributed by atoms with van der Waals surface area (Å²) in [5.74, 6) is 0.496. The molecule has 0 radical (unpaired) electrons. The normalized spacial score (nSPS) is 17.0. The molecular formula is C25H33N5O2. The highest BCUT2D eigenvalue weighted by Gasteiger charge is 2.23. The highest BCUT2D eigenvalue weighted by molar-refractivity contribution is 5.96. The van der Waals surface area contributed by atoms with Crippen molar-refractivity contribution in [3.8, 4) is 0 Å². The van der Waals surface area contributed by atoms with Crippen LogP contribution in [0.3, 0.4) is 0 Å². The van der Waals surface area contributed by atoms with Gasteiger partial charge < -0.3 is 19.1 Å². The molecule has 1 unspecified atom stereocenters. The van der Waals surface area contributed by atoms with Crippen LogP contribution in [0.15, 0.2) is 48.9 Å². The van der Waals surface area contributed by atoms with E-state index in [0.717, 1.165) is 63.3 Å². The molecule has 0 spiro atoms. The van der Waals surface area contributed by atoms with Crippen LogP contribution in [0.1, 0.15) is 28.8 Å². The number of aromatic nitrogens is 3. The fourth-order valence-corrected chi connectivity index (χ4v) is 4.54. The molecule has 1 atom stereocenters. The summed E-state index contributed by atoms with van der Waals surface area (Å²) in [6, 6.07) is 12.3. The van der Waals surface area contributed by atoms with Crippen molar-refractivity contribution in [1.82, 2.24) is 24.3 Å². The van der Waals surface area contributed by atoms with Crippen molar-refractivity contribution in [1.29, 1.82) is 0 Å². The van der Waals surface area contributed by atoms with E-state index < -0.39 is 0 Å². The molecule has 3 heterocycles. The van der Waals surface area contributed by atoms with Gasteiger partial charge in [-0.05, 0) is 43.4 Å². The predicted octanol–water partition coefficient (Wildman–Crippen LogP) is 3.10. The number of nitrogens with zero attached hydrogens (tertiary/aromatic N) is 5. The number of pyridine rings is 1. The van der Waals surface area contributed by atoms with Crippen LogP contribution in [-0.2, 0) is 17.7 Å². The number of aryl methyl sites for hydroxylation is 2. The average molecular weight is 436 g/mol. The zero-order chi connectivity index (χ0) is 22.3. The second-order valence-corrected chi connectivity index (χ2v) is 8.73. The van der Waals surface area contributed by atoms with Gasteiger partial charge in [-0.1, -0.05) is 30.3 Å². The predicted molar refractivity (Wildman–Crippen MR) is 126 cm³/mol. The summed E-state index contributed by atoms with van der Waals surface area (Å²) in [7, 11) is 3.63. The minimum absolute atomic E-state index is 0.00671. The summed E-state index contributed by atoms with van der Waals surface area (Å²) in [6.45, 7) is 5.41. The smallest absolute Gasteiger partial charge is 0.255 e. The monoisotopic (exact) mass is 435 g/mol. The van der Waals surface area contributed by atoms with Crippen LogP contribution in [0.25, 0.3) is 11.2 Å². The number of piperidine rings is 1. The van der Waals surface area contributed by atoms with E-state index in [9.17, 15) is 4.79 Å². The maximum Gasteiger partial charge on any atom is 0.255 e. The van der Waals surface area contributed by atoms with E-state index >= 15 is 0 Å². The molecule has 0 bridgehead atoms. The molecule has 1 aromatic carbocycles. The van der Waals surface area contributed by atoms with E-state index in [0.29, 0.717) is 11.5 Å². The molecule has 1 aliphatic rings. The van der Waals surface area contributed by atoms with Gasteiger partial charge in [0.25, 0.3) is 5.91 Å². The van der Waals surface area contributed by atoms with Gasteiger partial charge in [0.05, 0.1) is 18.5 Å². The first-order valence-corrected chi connectivity index (χ1v) is 11.5. The SMILES string of the molecule is COCCN1CCCC(CN(C)C(=O)c2cnc3c(c2)ncn3CCc2ccccc2)C1. The topological polar surface area (TPSA) is 63.5 Å². The Morgan fingerprint density at radius 3 is 2.88 bits per heavy atom. The van der Waals surface area contributed by atoms with Gasteiger partial charge in [0.15, 0.2) is 5.65 Å². The maximum absolute atomic E-state index is 13.1. The minimum Gasteiger partial charge on any atom is -0.383 e. The lowest BCUT2D eigenvalue weighted by Gasteiger charge is -2.34. The van der Waals surface area contributed by atoms with Crippen molar-refractivity contribution in [2.75, 3.05) is 46.9 Å². The number of methoxy groups -OCH3 is 1. The first kappa shape index (κ1) is 22.4. The quantitative estimate of drug-likeness (QED) is 0.517. The molecule has 1 aliphatic heterocycles. The standard InChI is InChI=1S/C25H33N5O2/c1-28(17-21-9-6-11-29(18-21)13-14-32-2)25(31)22-15-23-24(26-16-22)30(19-27-23)12-10-20-7-4-3-5-8-20/h3-5,7-8,15-16,19,21H,6,9-14,17-18H2,1-2H3. The van der Waals surface area contributed by atoms with E-state index in [2.05, 4.69) is 43.7 Å². The van der Waals surface area contributed by atoms with Gasteiger partial charge in [-0.25, -0.2) is 9.97 Å². The number of fused-ring (bicyclic) bond motifs is 1. The van der Waals surface area contributed by atoms with Crippen molar-refractivity contribution in [3.05, 3.63) is 60.0 Å². The third-order valence-electron chi connectivity index (χ3n) is 6.28. The molecular weight excluding hydrogens is 402 g/mol. The van der Waals surface area contributed by atoms with Gasteiger partial charge in [0.1, 0.15) is 5.52 Å². The summed E-state index contributed by atoms with van der Waals surface area (Å²) < 4.78 is 7.26. The van der Waals surface area contributed by atoms with Gasteiger partial charge in [-0.2, -0.15) is 0 Å². The Morgan fingerprint density at radius 2 is 2.06 bits per heavy atom. The number of hydrogen-bond acceptors (Lipinski definition) is 5. The van der Waals surface area contributed by atoms with Crippen molar-refractivity contribution in [3.63, 3.8) is 0 Å². The maximum atomic E-state index is 13.1. The first-order valence-electron chi connectivity index (χ1n) is 11.5. The minimum atomic E-state index is 0.00671. The summed E-state index contributed by atoms with van der Waals surface area (Å²) >= 11 is 0. The Hall–Kier alpha value is -2.77. The molecule has 7 heteroatoms. The Bertz CT molecular complexity index is 1020. The number of carbonyl (C=O) groups excluding carboxylic acids is 1. The van der Waals surface area contributed by atoms with Gasteiger partial charge in [0, 0.05) is 46.5 Å². The Balaban J connectivity index is 1.37. The van der Waals surface area contributed by atoms with E-state index in [1.807, 2.05) is 30.4 Å². The highest BCUT2D eigenvalue weighted by atomic mass is 16.5. The number of hydrogen-bond donors (Lipinski definition) is 0. The Labute approximate surface area is 190 Å². The number of imidazole rings is 1. The van der Waals surface area contributed by atoms with E-state index in [-0.39, 0.29) is 5.91 Å². The number of benzene rings is 1. The average Bonchev–Trinajstić information content (AvgIpc) is 3.24. The third kappa shape index (κ3) is 5.53. The third-order valence-corrected chi connectivity index (χ3v) is 6.28. The first-order chi connectivity index (χ1) is 15.6. The molecule has 170 valence electrons. The van der Waals surface area contributed by atoms with Crippen LogP contribution in [0.2, 0.25) is 0 Å². The van der Waals surface area contributed by atoms with Crippen LogP contribution in [0.4, 0.5) is 0 Å². The number of amides is 1. The highest BCUT2D eigenvalue weighted by Crippen LogP contribution is 2.19. The molecule has 32 heavy (non-hydrogen) atoms. The molecule has 2 aromatic heterocycles. The van der Waals surface area contributed by atoms with Gasteiger partial charge in [-0.15, -0.1) is 0 Å². The summed E-state index contributed by atoms with van der Waals surface area (Å²) in [5.41, 5.74) is 3.47. The number of likely N-dealkylation sites (tertiary alicyclic amines) is 1. The second kappa shape index (κ2) is 10.7. The van der Waals surface area contributed by atoms with Gasteiger partial charge in [0.2, 0.25) is 0 Å². The molecule has 0 aliphatic carbocycles. The largest absolute Gasteiger partial charge is 0.383 e. The van der Waals surface area contributed by atoms with Gasteiger partial charge >= 0.3 is 0 Å². The van der Waals surface area contributed by atoms with Crippen molar-refractivity contribution >= 4 is 17.1 Å². The summed E-state index contributed by atoms with van der Waals surface area (Å²) in [5, 5.41) is 0. The van der Waals surface area contributed by atoms with Crippen LogP contribution < -0.4 is 0 Å². The van der Waals surface area contributed by atoms with Crippen LogP contribution in [-0.4, -0.2) is 77.2 Å². The lowest BCUT2D eigenvalue weighted by atomic mass is 9.97. The van der Waals surface area contributed by atoms with Crippen LogP contribution in [0.5, 0.6) is 0 Å². The van der Waals surface area contributed by atoms with Crippen molar-refractivity contribution < 1.29 is 9.53 Å². The van der Waals surface area contributed by atoms with E-state index in [1.165, 1.54) is 12.0 Å².